The van der Waals surface area contributed by atoms with Crippen molar-refractivity contribution >= 4 is 6.09 Å². The highest BCUT2D eigenvalue weighted by molar-refractivity contribution is 5.67. The molecule has 2 aromatic rings. The molecule has 2 bridgehead atoms. The van der Waals surface area contributed by atoms with Gasteiger partial charge in [0.2, 0.25) is 0 Å². The number of carbonyl (C=O) groups excluding carboxylic acids is 1. The summed E-state index contributed by atoms with van der Waals surface area (Å²) in [5.74, 6) is -1.15. The fourth-order valence-electron chi connectivity index (χ4n) is 4.99. The van der Waals surface area contributed by atoms with Crippen LogP contribution in [0.4, 0.5) is 13.6 Å². The Morgan fingerprint density at radius 3 is 2.68 bits per heavy atom. The molecule has 1 heterocycles. The Labute approximate surface area is 162 Å². The topological polar surface area (TPSA) is 64.1 Å². The summed E-state index contributed by atoms with van der Waals surface area (Å²) in [6.07, 6.45) is 1.28. The van der Waals surface area contributed by atoms with Gasteiger partial charge in [-0.2, -0.15) is 5.10 Å². The van der Waals surface area contributed by atoms with E-state index in [1.54, 1.807) is 6.07 Å². The number of nitrogens with zero attached hydrogens (tertiary/aromatic N) is 2. The molecule has 148 valence electrons. The molecule has 1 aromatic carbocycles. The van der Waals surface area contributed by atoms with E-state index in [0.717, 1.165) is 24.1 Å². The van der Waals surface area contributed by atoms with Gasteiger partial charge < -0.3 is 10.1 Å². The first-order valence-electron chi connectivity index (χ1n) is 9.55. The second kappa shape index (κ2) is 6.50. The van der Waals surface area contributed by atoms with Crippen molar-refractivity contribution in [2.24, 2.45) is 5.41 Å². The number of ether oxygens (including phenoxy) is 1. The molecule has 0 unspecified atom stereocenters. The van der Waals surface area contributed by atoms with Crippen LogP contribution < -0.4 is 5.32 Å². The van der Waals surface area contributed by atoms with Crippen molar-refractivity contribution in [1.29, 1.82) is 0 Å². The summed E-state index contributed by atoms with van der Waals surface area (Å²) in [6.45, 7) is 6.80. The lowest BCUT2D eigenvalue weighted by atomic mass is 9.69. The van der Waals surface area contributed by atoms with Gasteiger partial charge in [0.1, 0.15) is 18.2 Å². The van der Waals surface area contributed by atoms with Crippen LogP contribution in [-0.4, -0.2) is 29.4 Å². The maximum atomic E-state index is 14.2. The fraction of sp³-hybridized carbons (Fsp3) is 0.476. The number of nitrogens with one attached hydrogen (secondary N) is 1. The van der Waals surface area contributed by atoms with Crippen molar-refractivity contribution < 1.29 is 18.3 Å². The quantitative estimate of drug-likeness (QED) is 0.849. The SMILES string of the molecule is CCNC(=O)OC[C@]12CC[C@@H](c3cc(-c4c(F)cccc4F)nnc31)C2(C)C. The van der Waals surface area contributed by atoms with Crippen LogP contribution in [0.25, 0.3) is 11.3 Å². The van der Waals surface area contributed by atoms with E-state index in [4.69, 9.17) is 4.74 Å². The molecule has 5 nitrogen and oxygen atoms in total. The summed E-state index contributed by atoms with van der Waals surface area (Å²) >= 11 is 0. The van der Waals surface area contributed by atoms with Gasteiger partial charge in [-0.1, -0.05) is 19.9 Å². The predicted molar refractivity (Wildman–Crippen MR) is 99.8 cm³/mol. The molecule has 0 aliphatic heterocycles. The lowest BCUT2D eigenvalue weighted by molar-refractivity contribution is 0.0748. The second-order valence-electron chi connectivity index (χ2n) is 8.13. The molecule has 1 N–H and O–H groups in total. The van der Waals surface area contributed by atoms with Crippen molar-refractivity contribution in [2.45, 2.75) is 44.9 Å². The number of rotatable bonds is 4. The molecule has 0 radical (unpaired) electrons. The molecular weight excluding hydrogens is 364 g/mol. The highest BCUT2D eigenvalue weighted by atomic mass is 19.1. The van der Waals surface area contributed by atoms with Gasteiger partial charge in [-0.05, 0) is 54.9 Å². The van der Waals surface area contributed by atoms with Gasteiger partial charge >= 0.3 is 6.09 Å². The molecular formula is C21H23F2N3O2. The number of amides is 1. The molecule has 2 aliphatic rings. The van der Waals surface area contributed by atoms with Crippen molar-refractivity contribution in [3.8, 4) is 11.3 Å². The van der Waals surface area contributed by atoms with Crippen LogP contribution in [0.15, 0.2) is 24.3 Å². The molecule has 2 atom stereocenters. The zero-order valence-electron chi connectivity index (χ0n) is 16.2. The number of halogens is 2. The molecule has 0 saturated heterocycles. The van der Waals surface area contributed by atoms with Gasteiger partial charge in [0, 0.05) is 6.54 Å². The minimum atomic E-state index is -0.661. The Morgan fingerprint density at radius 1 is 1.29 bits per heavy atom. The number of aromatic nitrogens is 2. The standard InChI is InChI=1S/C21H23F2N3O2/c1-4-24-19(27)28-11-21-9-8-13(20(21,2)3)12-10-16(25-26-18(12)21)17-14(22)6-5-7-15(17)23/h5-7,10,13H,4,8-9,11H2,1-3H3,(H,24,27)/t13-,21+/m0/s1. The maximum Gasteiger partial charge on any atom is 0.407 e. The van der Waals surface area contributed by atoms with Crippen LogP contribution >= 0.6 is 0 Å². The number of hydrogen-bond donors (Lipinski definition) is 1. The molecule has 1 amide bonds. The zero-order chi connectivity index (χ0) is 20.1. The Balaban J connectivity index is 1.75. The van der Waals surface area contributed by atoms with Gasteiger partial charge in [-0.25, -0.2) is 13.6 Å². The van der Waals surface area contributed by atoms with Gasteiger partial charge in [0.15, 0.2) is 0 Å². The average molecular weight is 387 g/mol. The Kier molecular flexibility index (Phi) is 4.36. The van der Waals surface area contributed by atoms with Crippen LogP contribution in [0.1, 0.15) is 50.8 Å². The van der Waals surface area contributed by atoms with Crippen LogP contribution in [-0.2, 0) is 10.2 Å². The highest BCUT2D eigenvalue weighted by Crippen LogP contribution is 2.67. The van der Waals surface area contributed by atoms with Gasteiger partial charge in [0.05, 0.1) is 22.4 Å². The number of fused-ring (bicyclic) bond motifs is 5. The lowest BCUT2D eigenvalue weighted by Crippen LogP contribution is -2.42. The third kappa shape index (κ3) is 2.52. The fourth-order valence-corrected chi connectivity index (χ4v) is 4.99. The van der Waals surface area contributed by atoms with E-state index in [1.165, 1.54) is 18.2 Å². The third-order valence-electron chi connectivity index (χ3n) is 6.61. The van der Waals surface area contributed by atoms with Gasteiger partial charge in [-0.15, -0.1) is 5.10 Å². The monoisotopic (exact) mass is 387 g/mol. The van der Waals surface area contributed by atoms with E-state index in [9.17, 15) is 13.6 Å². The molecule has 28 heavy (non-hydrogen) atoms. The number of hydrogen-bond acceptors (Lipinski definition) is 4. The van der Waals surface area contributed by atoms with E-state index in [-0.39, 0.29) is 29.2 Å². The predicted octanol–water partition coefficient (Wildman–Crippen LogP) is 4.32. The summed E-state index contributed by atoms with van der Waals surface area (Å²) in [6, 6.07) is 5.51. The first kappa shape index (κ1) is 18.8. The van der Waals surface area contributed by atoms with Crippen LogP contribution in [0.2, 0.25) is 0 Å². The van der Waals surface area contributed by atoms with E-state index < -0.39 is 23.1 Å². The summed E-state index contributed by atoms with van der Waals surface area (Å²) in [4.78, 5) is 11.9. The molecule has 0 spiro atoms. The molecule has 1 aromatic heterocycles. The van der Waals surface area contributed by atoms with E-state index >= 15 is 0 Å². The number of benzene rings is 1. The Morgan fingerprint density at radius 2 is 2.00 bits per heavy atom. The molecule has 7 heteroatoms. The number of alkyl carbamates (subject to hydrolysis) is 1. The average Bonchev–Trinajstić information content (AvgIpc) is 3.01. The zero-order valence-corrected chi connectivity index (χ0v) is 16.2. The minimum absolute atomic E-state index is 0.161. The Hall–Kier alpha value is -2.57. The molecule has 1 saturated carbocycles. The summed E-state index contributed by atoms with van der Waals surface area (Å²) in [5, 5.41) is 11.2. The first-order valence-corrected chi connectivity index (χ1v) is 9.55. The van der Waals surface area contributed by atoms with Crippen molar-refractivity contribution in [1.82, 2.24) is 15.5 Å². The third-order valence-corrected chi connectivity index (χ3v) is 6.61. The smallest absolute Gasteiger partial charge is 0.407 e. The van der Waals surface area contributed by atoms with Crippen LogP contribution in [0.5, 0.6) is 0 Å². The van der Waals surface area contributed by atoms with E-state index in [1.807, 2.05) is 6.92 Å². The van der Waals surface area contributed by atoms with Crippen LogP contribution in [0, 0.1) is 17.0 Å². The normalized spacial score (nSPS) is 24.1. The number of carbonyl (C=O) groups is 1. The van der Waals surface area contributed by atoms with E-state index in [0.29, 0.717) is 6.54 Å². The van der Waals surface area contributed by atoms with Crippen molar-refractivity contribution in [2.75, 3.05) is 13.2 Å². The molecule has 1 fully saturated rings. The van der Waals surface area contributed by atoms with Crippen LogP contribution in [0.3, 0.4) is 0 Å². The van der Waals surface area contributed by atoms with Crippen molar-refractivity contribution in [3.63, 3.8) is 0 Å². The first-order chi connectivity index (χ1) is 13.3. The summed E-state index contributed by atoms with van der Waals surface area (Å²) in [5.41, 5.74) is 1.10. The van der Waals surface area contributed by atoms with Crippen molar-refractivity contribution in [3.05, 3.63) is 47.2 Å². The largest absolute Gasteiger partial charge is 0.449 e. The van der Waals surface area contributed by atoms with Gasteiger partial charge in [0.25, 0.3) is 0 Å². The maximum absolute atomic E-state index is 14.2. The minimum Gasteiger partial charge on any atom is -0.449 e. The highest BCUT2D eigenvalue weighted by Gasteiger charge is 2.64. The second-order valence-corrected chi connectivity index (χ2v) is 8.13. The summed E-state index contributed by atoms with van der Waals surface area (Å²) in [7, 11) is 0. The summed E-state index contributed by atoms with van der Waals surface area (Å²) < 4.78 is 33.9. The Bertz CT molecular complexity index is 927. The molecule has 4 rings (SSSR count). The molecule has 2 aliphatic carbocycles. The lowest BCUT2D eigenvalue weighted by Gasteiger charge is -2.37. The van der Waals surface area contributed by atoms with E-state index in [2.05, 4.69) is 29.4 Å². The van der Waals surface area contributed by atoms with Gasteiger partial charge in [-0.3, -0.25) is 0 Å².